The Morgan fingerprint density at radius 1 is 1.25 bits per heavy atom. The molecule has 0 amide bonds. The minimum atomic E-state index is 0.482. The first kappa shape index (κ1) is 12.4. The zero-order valence-corrected chi connectivity index (χ0v) is 10.9. The molecule has 1 aliphatic heterocycles. The summed E-state index contributed by atoms with van der Waals surface area (Å²) >= 11 is 0. The number of nitrogens with two attached hydrogens (primary N) is 1. The van der Waals surface area contributed by atoms with Crippen molar-refractivity contribution in [1.29, 1.82) is 0 Å². The van der Waals surface area contributed by atoms with Crippen LogP contribution >= 0.6 is 0 Å². The second kappa shape index (κ2) is 5.50. The molecular formula is C14H28N2. The fraction of sp³-hybridized carbons (Fsp3) is 1.00. The van der Waals surface area contributed by atoms with Crippen LogP contribution in [0.1, 0.15) is 51.9 Å². The van der Waals surface area contributed by atoms with E-state index < -0.39 is 0 Å². The molecule has 2 heteroatoms. The number of likely N-dealkylation sites (tertiary alicyclic amines) is 1. The Hall–Kier alpha value is -0.0800. The van der Waals surface area contributed by atoms with E-state index in [1.165, 1.54) is 64.6 Å². The highest BCUT2D eigenvalue weighted by Gasteiger charge is 2.35. The van der Waals surface area contributed by atoms with Gasteiger partial charge in [0.15, 0.2) is 0 Å². The Balaban J connectivity index is 1.87. The van der Waals surface area contributed by atoms with Crippen LogP contribution in [0.5, 0.6) is 0 Å². The standard InChI is InChI=1S/C14H28N2/c1-2-13-6-5-9-16(10-13)12-14(11-15)7-3-4-8-14/h13H,2-12,15H2,1H3. The molecule has 1 saturated carbocycles. The smallest absolute Gasteiger partial charge is 0.00502 e. The quantitative estimate of drug-likeness (QED) is 0.795. The average molecular weight is 224 g/mol. The molecule has 0 aromatic rings. The molecule has 2 rings (SSSR count). The highest BCUT2D eigenvalue weighted by atomic mass is 15.1. The van der Waals surface area contributed by atoms with E-state index in [0.717, 1.165) is 12.5 Å². The van der Waals surface area contributed by atoms with Crippen LogP contribution in [-0.4, -0.2) is 31.1 Å². The van der Waals surface area contributed by atoms with Crippen molar-refractivity contribution in [2.45, 2.75) is 51.9 Å². The second-order valence-electron chi connectivity index (χ2n) is 6.06. The van der Waals surface area contributed by atoms with E-state index in [-0.39, 0.29) is 0 Å². The lowest BCUT2D eigenvalue weighted by molar-refractivity contribution is 0.107. The third-order valence-corrected chi connectivity index (χ3v) is 4.84. The summed E-state index contributed by atoms with van der Waals surface area (Å²) in [5, 5.41) is 0. The summed E-state index contributed by atoms with van der Waals surface area (Å²) < 4.78 is 0. The van der Waals surface area contributed by atoms with Crippen LogP contribution in [0, 0.1) is 11.3 Å². The van der Waals surface area contributed by atoms with Crippen molar-refractivity contribution < 1.29 is 0 Å². The largest absolute Gasteiger partial charge is 0.330 e. The van der Waals surface area contributed by atoms with Crippen LogP contribution in [0.2, 0.25) is 0 Å². The first-order valence-corrected chi connectivity index (χ1v) is 7.20. The van der Waals surface area contributed by atoms with Gasteiger partial charge < -0.3 is 10.6 Å². The Kier molecular flexibility index (Phi) is 4.26. The molecule has 2 fully saturated rings. The summed E-state index contributed by atoms with van der Waals surface area (Å²) in [5.74, 6) is 0.949. The molecule has 2 N–H and O–H groups in total. The highest BCUT2D eigenvalue weighted by Crippen LogP contribution is 2.38. The van der Waals surface area contributed by atoms with Crippen LogP contribution in [0.3, 0.4) is 0 Å². The number of rotatable bonds is 4. The maximum Gasteiger partial charge on any atom is 0.00502 e. The topological polar surface area (TPSA) is 29.3 Å². The molecule has 1 heterocycles. The Morgan fingerprint density at radius 3 is 2.62 bits per heavy atom. The van der Waals surface area contributed by atoms with Gasteiger partial charge >= 0.3 is 0 Å². The van der Waals surface area contributed by atoms with E-state index in [0.29, 0.717) is 5.41 Å². The first-order valence-electron chi connectivity index (χ1n) is 7.20. The van der Waals surface area contributed by atoms with Gasteiger partial charge in [-0.05, 0) is 50.1 Å². The predicted octanol–water partition coefficient (Wildman–Crippen LogP) is 2.63. The highest BCUT2D eigenvalue weighted by molar-refractivity contribution is 4.89. The summed E-state index contributed by atoms with van der Waals surface area (Å²) in [4.78, 5) is 2.70. The maximum absolute atomic E-state index is 6.03. The fourth-order valence-corrected chi connectivity index (χ4v) is 3.65. The van der Waals surface area contributed by atoms with Crippen molar-refractivity contribution in [1.82, 2.24) is 4.90 Å². The number of piperidine rings is 1. The van der Waals surface area contributed by atoms with Gasteiger partial charge in [-0.25, -0.2) is 0 Å². The predicted molar refractivity (Wildman–Crippen MR) is 69.4 cm³/mol. The van der Waals surface area contributed by atoms with E-state index in [9.17, 15) is 0 Å². The van der Waals surface area contributed by atoms with E-state index in [4.69, 9.17) is 5.73 Å². The molecule has 0 radical (unpaired) electrons. The maximum atomic E-state index is 6.03. The first-order chi connectivity index (χ1) is 7.78. The summed E-state index contributed by atoms with van der Waals surface area (Å²) in [6, 6.07) is 0. The summed E-state index contributed by atoms with van der Waals surface area (Å²) in [5.41, 5.74) is 6.51. The van der Waals surface area contributed by atoms with Crippen molar-refractivity contribution in [2.75, 3.05) is 26.2 Å². The van der Waals surface area contributed by atoms with Crippen molar-refractivity contribution in [3.8, 4) is 0 Å². The molecule has 0 aromatic heterocycles. The second-order valence-corrected chi connectivity index (χ2v) is 6.06. The van der Waals surface area contributed by atoms with Gasteiger partial charge in [0.25, 0.3) is 0 Å². The van der Waals surface area contributed by atoms with Crippen LogP contribution in [-0.2, 0) is 0 Å². The molecular weight excluding hydrogens is 196 g/mol. The van der Waals surface area contributed by atoms with Crippen LogP contribution in [0.15, 0.2) is 0 Å². The molecule has 1 atom stereocenters. The third kappa shape index (κ3) is 2.78. The van der Waals surface area contributed by atoms with Gasteiger partial charge in [-0.2, -0.15) is 0 Å². The number of hydrogen-bond donors (Lipinski definition) is 1. The average Bonchev–Trinajstić information content (AvgIpc) is 2.78. The molecule has 1 saturated heterocycles. The van der Waals surface area contributed by atoms with Crippen molar-refractivity contribution in [3.05, 3.63) is 0 Å². The van der Waals surface area contributed by atoms with Gasteiger partial charge in [-0.15, -0.1) is 0 Å². The van der Waals surface area contributed by atoms with Gasteiger partial charge in [-0.3, -0.25) is 0 Å². The Bertz CT molecular complexity index is 209. The van der Waals surface area contributed by atoms with E-state index in [2.05, 4.69) is 11.8 Å². The van der Waals surface area contributed by atoms with E-state index in [1.54, 1.807) is 0 Å². The van der Waals surface area contributed by atoms with Gasteiger partial charge in [0.1, 0.15) is 0 Å². The van der Waals surface area contributed by atoms with Crippen LogP contribution in [0.4, 0.5) is 0 Å². The molecule has 0 aromatic carbocycles. The molecule has 16 heavy (non-hydrogen) atoms. The summed E-state index contributed by atoms with van der Waals surface area (Å²) in [7, 11) is 0. The molecule has 0 spiro atoms. The van der Waals surface area contributed by atoms with Crippen LogP contribution in [0.25, 0.3) is 0 Å². The number of nitrogens with zero attached hydrogens (tertiary/aromatic N) is 1. The minimum Gasteiger partial charge on any atom is -0.330 e. The Morgan fingerprint density at radius 2 is 2.00 bits per heavy atom. The minimum absolute atomic E-state index is 0.482. The fourth-order valence-electron chi connectivity index (χ4n) is 3.65. The molecule has 1 aliphatic carbocycles. The zero-order valence-electron chi connectivity index (χ0n) is 10.9. The third-order valence-electron chi connectivity index (χ3n) is 4.84. The van der Waals surface area contributed by atoms with Crippen molar-refractivity contribution in [2.24, 2.45) is 17.1 Å². The molecule has 0 bridgehead atoms. The lowest BCUT2D eigenvalue weighted by Gasteiger charge is -2.39. The van der Waals surface area contributed by atoms with Gasteiger partial charge in [0.05, 0.1) is 0 Å². The summed E-state index contributed by atoms with van der Waals surface area (Å²) in [6.07, 6.45) is 9.76. The van der Waals surface area contributed by atoms with E-state index >= 15 is 0 Å². The number of hydrogen-bond acceptors (Lipinski definition) is 2. The van der Waals surface area contributed by atoms with Gasteiger partial charge in [0.2, 0.25) is 0 Å². The molecule has 1 unspecified atom stereocenters. The monoisotopic (exact) mass is 224 g/mol. The molecule has 2 nitrogen and oxygen atoms in total. The van der Waals surface area contributed by atoms with E-state index in [1.807, 2.05) is 0 Å². The molecule has 2 aliphatic rings. The lowest BCUT2D eigenvalue weighted by Crippen LogP contribution is -2.45. The lowest BCUT2D eigenvalue weighted by atomic mass is 9.84. The van der Waals surface area contributed by atoms with Crippen molar-refractivity contribution >= 4 is 0 Å². The summed E-state index contributed by atoms with van der Waals surface area (Å²) in [6.45, 7) is 7.17. The zero-order chi connectivity index (χ0) is 11.4. The van der Waals surface area contributed by atoms with Crippen LogP contribution < -0.4 is 5.73 Å². The molecule has 94 valence electrons. The van der Waals surface area contributed by atoms with Gasteiger partial charge in [0, 0.05) is 13.1 Å². The SMILES string of the molecule is CCC1CCCN(CC2(CN)CCCC2)C1. The van der Waals surface area contributed by atoms with Crippen molar-refractivity contribution in [3.63, 3.8) is 0 Å². The van der Waals surface area contributed by atoms with Gasteiger partial charge in [-0.1, -0.05) is 26.2 Å². The normalized spacial score (nSPS) is 30.8. The Labute approximate surface area is 101 Å².